The minimum Gasteiger partial charge on any atom is -0.461 e. The first-order valence-electron chi connectivity index (χ1n) is 9.43. The van der Waals surface area contributed by atoms with Crippen molar-refractivity contribution in [1.82, 2.24) is 4.90 Å². The molecule has 0 unspecified atom stereocenters. The summed E-state index contributed by atoms with van der Waals surface area (Å²) in [7, 11) is 0. The molecule has 0 N–H and O–H groups in total. The van der Waals surface area contributed by atoms with Crippen molar-refractivity contribution in [2.45, 2.75) is 40.7 Å². The summed E-state index contributed by atoms with van der Waals surface area (Å²) in [5.41, 5.74) is 4.80. The maximum atomic E-state index is 12.3. The number of carbonyl (C=O) groups excluding carboxylic acids is 4. The third-order valence-corrected chi connectivity index (χ3v) is 5.28. The van der Waals surface area contributed by atoms with Crippen LogP contribution in [0.3, 0.4) is 0 Å². The molecule has 6 heteroatoms. The Labute approximate surface area is 169 Å². The van der Waals surface area contributed by atoms with Crippen LogP contribution in [0.1, 0.15) is 66.7 Å². The SMILES string of the molecule is CC(=O)c1c(C)cc(C)c(COC(=O)CCN2C(=O)c3ccccc3C2=O)c1C. The molecule has 1 heterocycles. The summed E-state index contributed by atoms with van der Waals surface area (Å²) in [6.45, 7) is 7.16. The van der Waals surface area contributed by atoms with Gasteiger partial charge in [-0.3, -0.25) is 24.1 Å². The van der Waals surface area contributed by atoms with Crippen molar-refractivity contribution in [2.24, 2.45) is 0 Å². The van der Waals surface area contributed by atoms with Gasteiger partial charge in [-0.25, -0.2) is 0 Å². The number of imide groups is 1. The zero-order valence-electron chi connectivity index (χ0n) is 17.0. The van der Waals surface area contributed by atoms with Crippen LogP contribution in [0.2, 0.25) is 0 Å². The predicted octanol–water partition coefficient (Wildman–Crippen LogP) is 3.54. The molecule has 0 saturated heterocycles. The molecule has 2 amide bonds. The van der Waals surface area contributed by atoms with Gasteiger partial charge in [0.15, 0.2) is 5.78 Å². The predicted molar refractivity (Wildman–Crippen MR) is 107 cm³/mol. The Bertz CT molecular complexity index is 1000. The first-order valence-corrected chi connectivity index (χ1v) is 9.43. The molecule has 150 valence electrons. The molecule has 3 rings (SSSR count). The number of hydrogen-bond acceptors (Lipinski definition) is 5. The molecule has 1 aliphatic heterocycles. The monoisotopic (exact) mass is 393 g/mol. The minimum atomic E-state index is -0.509. The van der Waals surface area contributed by atoms with Crippen molar-refractivity contribution >= 4 is 23.6 Å². The Hall–Kier alpha value is -3.28. The third-order valence-electron chi connectivity index (χ3n) is 5.28. The molecule has 0 fully saturated rings. The number of amides is 2. The van der Waals surface area contributed by atoms with Gasteiger partial charge in [0, 0.05) is 12.1 Å². The van der Waals surface area contributed by atoms with Crippen molar-refractivity contribution in [1.29, 1.82) is 0 Å². The molecule has 0 aliphatic carbocycles. The zero-order valence-corrected chi connectivity index (χ0v) is 17.0. The van der Waals surface area contributed by atoms with Gasteiger partial charge in [0.05, 0.1) is 17.5 Å². The third kappa shape index (κ3) is 3.83. The summed E-state index contributed by atoms with van der Waals surface area (Å²) in [5.74, 6) is -1.33. The van der Waals surface area contributed by atoms with Crippen molar-refractivity contribution in [2.75, 3.05) is 6.54 Å². The number of carbonyl (C=O) groups is 4. The normalized spacial score (nSPS) is 12.9. The van der Waals surface area contributed by atoms with Gasteiger partial charge in [-0.1, -0.05) is 18.2 Å². The summed E-state index contributed by atoms with van der Waals surface area (Å²) < 4.78 is 5.37. The molecule has 0 spiro atoms. The van der Waals surface area contributed by atoms with E-state index in [1.54, 1.807) is 24.3 Å². The Morgan fingerprint density at radius 1 is 0.966 bits per heavy atom. The first kappa shape index (κ1) is 20.5. The highest BCUT2D eigenvalue weighted by atomic mass is 16.5. The Morgan fingerprint density at radius 2 is 1.55 bits per heavy atom. The van der Waals surface area contributed by atoms with Gasteiger partial charge in [0.2, 0.25) is 0 Å². The van der Waals surface area contributed by atoms with E-state index in [0.29, 0.717) is 16.7 Å². The lowest BCUT2D eigenvalue weighted by Gasteiger charge is -2.17. The lowest BCUT2D eigenvalue weighted by atomic mass is 9.92. The maximum absolute atomic E-state index is 12.3. The van der Waals surface area contributed by atoms with E-state index in [4.69, 9.17) is 4.74 Å². The van der Waals surface area contributed by atoms with E-state index >= 15 is 0 Å². The molecule has 0 atom stereocenters. The van der Waals surface area contributed by atoms with Gasteiger partial charge in [0.1, 0.15) is 6.61 Å². The highest BCUT2D eigenvalue weighted by Crippen LogP contribution is 2.25. The van der Waals surface area contributed by atoms with Gasteiger partial charge >= 0.3 is 5.97 Å². The second-order valence-electron chi connectivity index (χ2n) is 7.26. The molecule has 0 saturated carbocycles. The molecule has 0 bridgehead atoms. The van der Waals surface area contributed by atoms with Gasteiger partial charge in [-0.15, -0.1) is 0 Å². The summed E-state index contributed by atoms with van der Waals surface area (Å²) >= 11 is 0. The summed E-state index contributed by atoms with van der Waals surface area (Å²) in [6.07, 6.45) is -0.0883. The number of benzene rings is 2. The van der Waals surface area contributed by atoms with E-state index in [9.17, 15) is 19.2 Å². The molecule has 2 aromatic rings. The maximum Gasteiger partial charge on any atom is 0.307 e. The molecule has 2 aromatic carbocycles. The zero-order chi connectivity index (χ0) is 21.3. The Kier molecular flexibility index (Phi) is 5.64. The average molecular weight is 393 g/mol. The second-order valence-corrected chi connectivity index (χ2v) is 7.26. The molecule has 0 radical (unpaired) electrons. The number of hydrogen-bond donors (Lipinski definition) is 0. The van der Waals surface area contributed by atoms with Crippen LogP contribution in [0.25, 0.3) is 0 Å². The number of esters is 1. The molecule has 1 aliphatic rings. The highest BCUT2D eigenvalue weighted by Gasteiger charge is 2.35. The lowest BCUT2D eigenvalue weighted by molar-refractivity contribution is -0.145. The number of Topliss-reactive ketones (excluding diaryl/α,β-unsaturated/α-hetero) is 1. The van der Waals surface area contributed by atoms with Crippen LogP contribution >= 0.6 is 0 Å². The van der Waals surface area contributed by atoms with Crippen molar-refractivity contribution in [3.63, 3.8) is 0 Å². The van der Waals surface area contributed by atoms with Crippen LogP contribution in [-0.4, -0.2) is 35.0 Å². The van der Waals surface area contributed by atoms with Gasteiger partial charge < -0.3 is 4.74 Å². The van der Waals surface area contributed by atoms with E-state index in [2.05, 4.69) is 0 Å². The number of nitrogens with zero attached hydrogens (tertiary/aromatic N) is 1. The number of rotatable bonds is 6. The fraction of sp³-hybridized carbons (Fsp3) is 0.304. The average Bonchev–Trinajstić information content (AvgIpc) is 2.90. The quantitative estimate of drug-likeness (QED) is 0.426. The van der Waals surface area contributed by atoms with E-state index in [0.717, 1.165) is 27.2 Å². The number of fused-ring (bicyclic) bond motifs is 1. The standard InChI is InChI=1S/C23H23NO5/c1-13-11-14(2)21(16(4)25)15(3)19(13)12-29-20(26)9-10-24-22(27)17-7-5-6-8-18(17)23(24)28/h5-8,11H,9-10,12H2,1-4H3. The molecule has 29 heavy (non-hydrogen) atoms. The topological polar surface area (TPSA) is 80.8 Å². The van der Waals surface area contributed by atoms with Gasteiger partial charge in [-0.2, -0.15) is 0 Å². The van der Waals surface area contributed by atoms with Crippen LogP contribution in [0.4, 0.5) is 0 Å². The molecule has 0 aromatic heterocycles. The van der Waals surface area contributed by atoms with Crippen LogP contribution in [0.15, 0.2) is 30.3 Å². The smallest absolute Gasteiger partial charge is 0.307 e. The highest BCUT2D eigenvalue weighted by molar-refractivity contribution is 6.21. The van der Waals surface area contributed by atoms with Crippen LogP contribution < -0.4 is 0 Å². The second kappa shape index (κ2) is 7.99. The van der Waals surface area contributed by atoms with Gasteiger partial charge in [-0.05, 0) is 62.1 Å². The number of ketones is 1. The van der Waals surface area contributed by atoms with E-state index in [1.165, 1.54) is 6.92 Å². The molecular weight excluding hydrogens is 370 g/mol. The van der Waals surface area contributed by atoms with Crippen molar-refractivity contribution in [3.05, 3.63) is 69.3 Å². The molecule has 6 nitrogen and oxygen atoms in total. The van der Waals surface area contributed by atoms with Crippen LogP contribution in [0, 0.1) is 20.8 Å². The van der Waals surface area contributed by atoms with E-state index in [-0.39, 0.29) is 25.4 Å². The Morgan fingerprint density at radius 3 is 2.10 bits per heavy atom. The van der Waals surface area contributed by atoms with Crippen molar-refractivity contribution in [3.8, 4) is 0 Å². The first-order chi connectivity index (χ1) is 13.7. The summed E-state index contributed by atoms with van der Waals surface area (Å²) in [5, 5.41) is 0. The summed E-state index contributed by atoms with van der Waals surface area (Å²) in [4.78, 5) is 49.9. The van der Waals surface area contributed by atoms with E-state index < -0.39 is 17.8 Å². The summed E-state index contributed by atoms with van der Waals surface area (Å²) in [6, 6.07) is 8.51. The lowest BCUT2D eigenvalue weighted by Crippen LogP contribution is -2.32. The molecular formula is C23H23NO5. The van der Waals surface area contributed by atoms with E-state index in [1.807, 2.05) is 26.8 Å². The number of ether oxygens (including phenoxy) is 1. The van der Waals surface area contributed by atoms with Crippen molar-refractivity contribution < 1.29 is 23.9 Å². The number of aryl methyl sites for hydroxylation is 2. The van der Waals surface area contributed by atoms with Crippen LogP contribution in [-0.2, 0) is 16.1 Å². The fourth-order valence-electron chi connectivity index (χ4n) is 3.86. The minimum absolute atomic E-state index is 0.0294. The van der Waals surface area contributed by atoms with Crippen LogP contribution in [0.5, 0.6) is 0 Å². The largest absolute Gasteiger partial charge is 0.461 e. The Balaban J connectivity index is 1.63. The van der Waals surface area contributed by atoms with Gasteiger partial charge in [0.25, 0.3) is 11.8 Å². The fourth-order valence-corrected chi connectivity index (χ4v) is 3.86.